The number of nitrogens with one attached hydrogen (secondary N) is 1. The number of carbonyl (C=O) groups excluding carboxylic acids is 1. The van der Waals surface area contributed by atoms with Crippen molar-refractivity contribution in [2.75, 3.05) is 0 Å². The second-order valence-corrected chi connectivity index (χ2v) is 5.59. The first-order valence-electron chi connectivity index (χ1n) is 5.55. The summed E-state index contributed by atoms with van der Waals surface area (Å²) in [5.41, 5.74) is 5.72. The molecule has 0 aliphatic rings. The molecule has 0 radical (unpaired) electrons. The zero-order chi connectivity index (χ0) is 13.9. The maximum absolute atomic E-state index is 11.6. The molecule has 0 saturated heterocycles. The topological polar surface area (TPSA) is 105 Å². The van der Waals surface area contributed by atoms with Gasteiger partial charge in [-0.3, -0.25) is 4.79 Å². The van der Waals surface area contributed by atoms with E-state index >= 15 is 0 Å². The number of nitrogens with zero attached hydrogens (tertiary/aromatic N) is 1. The summed E-state index contributed by atoms with van der Waals surface area (Å²) in [5, 5.41) is 12.1. The highest BCUT2D eigenvalue weighted by atomic mass is 32.1. The van der Waals surface area contributed by atoms with Crippen molar-refractivity contribution in [1.82, 2.24) is 10.3 Å². The summed E-state index contributed by atoms with van der Waals surface area (Å²) in [4.78, 5) is 27.0. The summed E-state index contributed by atoms with van der Waals surface area (Å²) >= 11 is 1.26. The smallest absolute Gasteiger partial charge is 0.355 e. The van der Waals surface area contributed by atoms with Crippen LogP contribution in [0.4, 0.5) is 0 Å². The van der Waals surface area contributed by atoms with Crippen LogP contribution < -0.4 is 11.1 Å². The lowest BCUT2D eigenvalue weighted by molar-refractivity contribution is -0.123. The number of hydrogen-bond acceptors (Lipinski definition) is 5. The average Bonchev–Trinajstić information content (AvgIpc) is 2.66. The molecule has 0 aliphatic carbocycles. The van der Waals surface area contributed by atoms with Gasteiger partial charge in [-0.05, 0) is 12.8 Å². The highest BCUT2D eigenvalue weighted by Crippen LogP contribution is 2.17. The van der Waals surface area contributed by atoms with E-state index in [2.05, 4.69) is 10.3 Å². The molecule has 7 heteroatoms. The second kappa shape index (κ2) is 5.92. The molecule has 0 spiro atoms. The maximum Gasteiger partial charge on any atom is 0.355 e. The minimum atomic E-state index is -1.06. The van der Waals surface area contributed by atoms with Gasteiger partial charge in [0.1, 0.15) is 5.01 Å². The number of hydrogen-bond donors (Lipinski definition) is 3. The van der Waals surface area contributed by atoms with Crippen LogP contribution in [0, 0.1) is 12.8 Å². The standard InChI is InChI=1S/C11H17N3O3S/c1-5(2)8(12)10(15)13-4-7-14-9(11(16)17)6(3)18-7/h5,8H,4,12H2,1-3H3,(H,13,15)(H,16,17). The molecule has 1 aromatic heterocycles. The number of amides is 1. The normalized spacial score (nSPS) is 12.5. The van der Waals surface area contributed by atoms with Crippen molar-refractivity contribution in [2.24, 2.45) is 11.7 Å². The summed E-state index contributed by atoms with van der Waals surface area (Å²) in [6.45, 7) is 5.62. The van der Waals surface area contributed by atoms with Gasteiger partial charge in [0.2, 0.25) is 5.91 Å². The lowest BCUT2D eigenvalue weighted by Crippen LogP contribution is -2.43. The third-order valence-electron chi connectivity index (χ3n) is 2.48. The SMILES string of the molecule is Cc1sc(CNC(=O)C(N)C(C)C)nc1C(=O)O. The molecule has 6 nitrogen and oxygen atoms in total. The first kappa shape index (κ1) is 14.6. The Labute approximate surface area is 109 Å². The van der Waals surface area contributed by atoms with E-state index in [1.165, 1.54) is 11.3 Å². The summed E-state index contributed by atoms with van der Waals surface area (Å²) < 4.78 is 0. The van der Waals surface area contributed by atoms with Crippen LogP contribution in [0.1, 0.15) is 34.2 Å². The molecular weight excluding hydrogens is 254 g/mol. The Morgan fingerprint density at radius 3 is 2.56 bits per heavy atom. The molecule has 18 heavy (non-hydrogen) atoms. The van der Waals surface area contributed by atoms with E-state index in [4.69, 9.17) is 10.8 Å². The molecule has 100 valence electrons. The number of carbonyl (C=O) groups is 2. The molecule has 1 unspecified atom stereocenters. The molecule has 1 aromatic rings. The van der Waals surface area contributed by atoms with E-state index in [0.717, 1.165) is 0 Å². The molecule has 1 rings (SSSR count). The van der Waals surface area contributed by atoms with Gasteiger partial charge in [0, 0.05) is 4.88 Å². The van der Waals surface area contributed by atoms with Crippen LogP contribution in [0.15, 0.2) is 0 Å². The van der Waals surface area contributed by atoms with Gasteiger partial charge < -0.3 is 16.2 Å². The lowest BCUT2D eigenvalue weighted by Gasteiger charge is -2.14. The zero-order valence-electron chi connectivity index (χ0n) is 10.6. The Morgan fingerprint density at radius 1 is 1.50 bits per heavy atom. The van der Waals surface area contributed by atoms with Gasteiger partial charge in [-0.2, -0.15) is 0 Å². The lowest BCUT2D eigenvalue weighted by atomic mass is 10.1. The first-order valence-corrected chi connectivity index (χ1v) is 6.37. The molecule has 4 N–H and O–H groups in total. The van der Waals surface area contributed by atoms with Crippen molar-refractivity contribution in [3.8, 4) is 0 Å². The van der Waals surface area contributed by atoms with Crippen molar-refractivity contribution in [3.05, 3.63) is 15.6 Å². The Kier molecular flexibility index (Phi) is 4.80. The number of aromatic nitrogens is 1. The van der Waals surface area contributed by atoms with E-state index in [1.807, 2.05) is 13.8 Å². The Bertz CT molecular complexity index is 456. The largest absolute Gasteiger partial charge is 0.476 e. The molecule has 0 aromatic carbocycles. The van der Waals surface area contributed by atoms with Gasteiger partial charge in [-0.25, -0.2) is 9.78 Å². The van der Waals surface area contributed by atoms with E-state index in [-0.39, 0.29) is 24.1 Å². The summed E-state index contributed by atoms with van der Waals surface area (Å²) in [6.07, 6.45) is 0. The van der Waals surface area contributed by atoms with Crippen LogP contribution in [-0.4, -0.2) is 28.0 Å². The maximum atomic E-state index is 11.6. The fraction of sp³-hybridized carbons (Fsp3) is 0.545. The van der Waals surface area contributed by atoms with Crippen molar-refractivity contribution >= 4 is 23.2 Å². The number of carboxylic acids is 1. The van der Waals surface area contributed by atoms with E-state index in [9.17, 15) is 9.59 Å². The highest BCUT2D eigenvalue weighted by molar-refractivity contribution is 7.11. The van der Waals surface area contributed by atoms with Gasteiger partial charge in [0.25, 0.3) is 0 Å². The van der Waals surface area contributed by atoms with Crippen molar-refractivity contribution in [3.63, 3.8) is 0 Å². The number of aromatic carboxylic acids is 1. The van der Waals surface area contributed by atoms with Gasteiger partial charge in [-0.1, -0.05) is 13.8 Å². The predicted molar refractivity (Wildman–Crippen MR) is 68.5 cm³/mol. The van der Waals surface area contributed by atoms with Crippen LogP contribution >= 0.6 is 11.3 Å². The molecule has 1 atom stereocenters. The molecule has 1 heterocycles. The summed E-state index contributed by atoms with van der Waals surface area (Å²) in [6, 6.07) is -0.565. The van der Waals surface area contributed by atoms with Crippen LogP contribution in [0.5, 0.6) is 0 Å². The first-order chi connectivity index (χ1) is 8.32. The minimum Gasteiger partial charge on any atom is -0.476 e. The molecule has 0 saturated carbocycles. The monoisotopic (exact) mass is 271 g/mol. The van der Waals surface area contributed by atoms with Crippen LogP contribution in [0.3, 0.4) is 0 Å². The van der Waals surface area contributed by atoms with Gasteiger partial charge in [0.05, 0.1) is 12.6 Å². The van der Waals surface area contributed by atoms with E-state index in [1.54, 1.807) is 6.92 Å². The highest BCUT2D eigenvalue weighted by Gasteiger charge is 2.18. The number of thiazole rings is 1. The zero-order valence-corrected chi connectivity index (χ0v) is 11.4. The Balaban J connectivity index is 2.62. The van der Waals surface area contributed by atoms with E-state index < -0.39 is 12.0 Å². The van der Waals surface area contributed by atoms with Crippen LogP contribution in [-0.2, 0) is 11.3 Å². The third-order valence-corrected chi connectivity index (χ3v) is 3.45. The Hall–Kier alpha value is -1.47. The van der Waals surface area contributed by atoms with Gasteiger partial charge in [-0.15, -0.1) is 11.3 Å². The number of carboxylic acid groups (broad SMARTS) is 1. The third kappa shape index (κ3) is 3.51. The fourth-order valence-corrected chi connectivity index (χ4v) is 2.17. The predicted octanol–water partition coefficient (Wildman–Crippen LogP) is 0.749. The summed E-state index contributed by atoms with van der Waals surface area (Å²) in [7, 11) is 0. The van der Waals surface area contributed by atoms with Crippen LogP contribution in [0.25, 0.3) is 0 Å². The quantitative estimate of drug-likeness (QED) is 0.733. The van der Waals surface area contributed by atoms with Crippen molar-refractivity contribution in [2.45, 2.75) is 33.4 Å². The van der Waals surface area contributed by atoms with Gasteiger partial charge in [0.15, 0.2) is 5.69 Å². The van der Waals surface area contributed by atoms with Gasteiger partial charge >= 0.3 is 5.97 Å². The molecule has 1 amide bonds. The fourth-order valence-electron chi connectivity index (χ4n) is 1.31. The number of rotatable bonds is 5. The molecular formula is C11H17N3O3S. The second-order valence-electron chi connectivity index (χ2n) is 4.31. The summed E-state index contributed by atoms with van der Waals surface area (Å²) in [5.74, 6) is -1.26. The minimum absolute atomic E-state index is 0.0393. The Morgan fingerprint density at radius 2 is 2.11 bits per heavy atom. The number of aryl methyl sites for hydroxylation is 1. The van der Waals surface area contributed by atoms with Crippen molar-refractivity contribution < 1.29 is 14.7 Å². The molecule has 0 aliphatic heterocycles. The van der Waals surface area contributed by atoms with Crippen molar-refractivity contribution in [1.29, 1.82) is 0 Å². The molecule has 0 bridgehead atoms. The van der Waals surface area contributed by atoms with Crippen LogP contribution in [0.2, 0.25) is 0 Å². The average molecular weight is 271 g/mol. The van der Waals surface area contributed by atoms with E-state index in [0.29, 0.717) is 9.88 Å². The molecule has 0 fully saturated rings. The number of nitrogens with two attached hydrogens (primary N) is 1.